The lowest BCUT2D eigenvalue weighted by atomic mass is 10.1. The molecule has 2 atom stereocenters. The predicted octanol–water partition coefficient (Wildman–Crippen LogP) is 4.43. The molecule has 0 aromatic heterocycles. The van der Waals surface area contributed by atoms with E-state index < -0.39 is 6.10 Å². The standard InChI is InChI=1S/C18H19ClFNO2/c1-11-10-15(19)6-9-17(11)23-13(3)18(22)21-12(2)14-4-7-16(20)8-5-14/h4-10,12-13H,1-3H3,(H,21,22). The van der Waals surface area contributed by atoms with Crippen molar-refractivity contribution in [2.75, 3.05) is 0 Å². The second kappa shape index (κ2) is 7.47. The van der Waals surface area contributed by atoms with E-state index in [9.17, 15) is 9.18 Å². The van der Waals surface area contributed by atoms with E-state index in [-0.39, 0.29) is 17.8 Å². The van der Waals surface area contributed by atoms with Crippen molar-refractivity contribution in [3.63, 3.8) is 0 Å². The molecule has 0 aliphatic rings. The van der Waals surface area contributed by atoms with Gasteiger partial charge in [0.15, 0.2) is 6.10 Å². The zero-order valence-electron chi connectivity index (χ0n) is 13.3. The molecule has 0 aliphatic heterocycles. The van der Waals surface area contributed by atoms with Gasteiger partial charge >= 0.3 is 0 Å². The Bertz CT molecular complexity index is 688. The van der Waals surface area contributed by atoms with E-state index >= 15 is 0 Å². The summed E-state index contributed by atoms with van der Waals surface area (Å²) in [5, 5.41) is 3.48. The number of halogens is 2. The van der Waals surface area contributed by atoms with Gasteiger partial charge in [0.05, 0.1) is 6.04 Å². The molecule has 0 heterocycles. The lowest BCUT2D eigenvalue weighted by Gasteiger charge is -2.20. The fourth-order valence-electron chi connectivity index (χ4n) is 2.15. The fraction of sp³-hybridized carbons (Fsp3) is 0.278. The summed E-state index contributed by atoms with van der Waals surface area (Å²) in [4.78, 5) is 12.2. The molecule has 2 rings (SSSR count). The third-order valence-electron chi connectivity index (χ3n) is 3.54. The maximum atomic E-state index is 12.9. The average Bonchev–Trinajstić information content (AvgIpc) is 2.50. The molecule has 0 aliphatic carbocycles. The number of ether oxygens (including phenoxy) is 1. The smallest absolute Gasteiger partial charge is 0.261 e. The summed E-state index contributed by atoms with van der Waals surface area (Å²) < 4.78 is 18.6. The molecule has 0 spiro atoms. The van der Waals surface area contributed by atoms with E-state index in [0.29, 0.717) is 10.8 Å². The largest absolute Gasteiger partial charge is 0.481 e. The number of rotatable bonds is 5. The number of nitrogens with one attached hydrogen (secondary N) is 1. The highest BCUT2D eigenvalue weighted by molar-refractivity contribution is 6.30. The SMILES string of the molecule is Cc1cc(Cl)ccc1OC(C)C(=O)NC(C)c1ccc(F)cc1. The molecule has 0 bridgehead atoms. The number of hydrogen-bond donors (Lipinski definition) is 1. The Balaban J connectivity index is 1.98. The molecule has 1 N–H and O–H groups in total. The summed E-state index contributed by atoms with van der Waals surface area (Å²) in [6.45, 7) is 5.39. The molecule has 2 aromatic carbocycles. The summed E-state index contributed by atoms with van der Waals surface area (Å²) in [6.07, 6.45) is -0.655. The lowest BCUT2D eigenvalue weighted by Crippen LogP contribution is -2.37. The zero-order chi connectivity index (χ0) is 17.0. The van der Waals surface area contributed by atoms with Crippen LogP contribution in [-0.2, 0) is 4.79 Å². The van der Waals surface area contributed by atoms with Gasteiger partial charge in [0.2, 0.25) is 0 Å². The van der Waals surface area contributed by atoms with Gasteiger partial charge in [-0.2, -0.15) is 0 Å². The van der Waals surface area contributed by atoms with Crippen LogP contribution in [0.1, 0.15) is 31.0 Å². The van der Waals surface area contributed by atoms with Crippen LogP contribution in [-0.4, -0.2) is 12.0 Å². The first kappa shape index (κ1) is 17.3. The van der Waals surface area contributed by atoms with Gasteiger partial charge in [-0.25, -0.2) is 4.39 Å². The molecular formula is C18H19ClFNO2. The maximum Gasteiger partial charge on any atom is 0.261 e. The van der Waals surface area contributed by atoms with E-state index in [2.05, 4.69) is 5.32 Å². The van der Waals surface area contributed by atoms with Crippen LogP contribution in [0.2, 0.25) is 5.02 Å². The second-order valence-electron chi connectivity index (χ2n) is 5.45. The van der Waals surface area contributed by atoms with Crippen LogP contribution in [0.15, 0.2) is 42.5 Å². The van der Waals surface area contributed by atoms with Crippen LogP contribution < -0.4 is 10.1 Å². The molecule has 2 unspecified atom stereocenters. The van der Waals surface area contributed by atoms with Gasteiger partial charge in [-0.15, -0.1) is 0 Å². The van der Waals surface area contributed by atoms with Crippen molar-refractivity contribution in [1.29, 1.82) is 0 Å². The molecule has 5 heteroatoms. The molecule has 3 nitrogen and oxygen atoms in total. The second-order valence-corrected chi connectivity index (χ2v) is 5.89. The lowest BCUT2D eigenvalue weighted by molar-refractivity contribution is -0.127. The van der Waals surface area contributed by atoms with Crippen molar-refractivity contribution < 1.29 is 13.9 Å². The van der Waals surface area contributed by atoms with Crippen LogP contribution in [0.5, 0.6) is 5.75 Å². The number of carbonyl (C=O) groups is 1. The van der Waals surface area contributed by atoms with E-state index in [0.717, 1.165) is 11.1 Å². The van der Waals surface area contributed by atoms with Crippen molar-refractivity contribution in [2.45, 2.75) is 32.9 Å². The Morgan fingerprint density at radius 1 is 1.17 bits per heavy atom. The van der Waals surface area contributed by atoms with Crippen molar-refractivity contribution >= 4 is 17.5 Å². The van der Waals surface area contributed by atoms with Crippen molar-refractivity contribution in [3.05, 3.63) is 64.4 Å². The normalized spacial score (nSPS) is 13.3. The van der Waals surface area contributed by atoms with Crippen LogP contribution >= 0.6 is 11.6 Å². The van der Waals surface area contributed by atoms with Crippen molar-refractivity contribution in [3.8, 4) is 5.75 Å². The topological polar surface area (TPSA) is 38.3 Å². The third kappa shape index (κ3) is 4.70. The average molecular weight is 336 g/mol. The Hall–Kier alpha value is -2.07. The molecule has 0 saturated carbocycles. The Labute approximate surface area is 140 Å². The number of benzene rings is 2. The zero-order valence-corrected chi connectivity index (χ0v) is 14.0. The van der Waals surface area contributed by atoms with Gasteiger partial charge in [-0.05, 0) is 62.2 Å². The van der Waals surface area contributed by atoms with Gasteiger partial charge < -0.3 is 10.1 Å². The molecule has 1 amide bonds. The van der Waals surface area contributed by atoms with Crippen LogP contribution in [0.25, 0.3) is 0 Å². The highest BCUT2D eigenvalue weighted by atomic mass is 35.5. The number of amides is 1. The first-order valence-electron chi connectivity index (χ1n) is 7.35. The van der Waals surface area contributed by atoms with Gasteiger partial charge in [0, 0.05) is 5.02 Å². The quantitative estimate of drug-likeness (QED) is 0.877. The summed E-state index contributed by atoms with van der Waals surface area (Å²) >= 11 is 5.90. The number of aryl methyl sites for hydroxylation is 1. The van der Waals surface area contributed by atoms with Gasteiger partial charge in [0.1, 0.15) is 11.6 Å². The molecule has 122 valence electrons. The summed E-state index contributed by atoms with van der Waals surface area (Å²) in [5.74, 6) is 0.0739. The van der Waals surface area contributed by atoms with Crippen molar-refractivity contribution in [2.24, 2.45) is 0 Å². The maximum absolute atomic E-state index is 12.9. The summed E-state index contributed by atoms with van der Waals surface area (Å²) in [7, 11) is 0. The Morgan fingerprint density at radius 3 is 2.43 bits per heavy atom. The molecule has 23 heavy (non-hydrogen) atoms. The monoisotopic (exact) mass is 335 g/mol. The van der Waals surface area contributed by atoms with Gasteiger partial charge in [0.25, 0.3) is 5.91 Å². The highest BCUT2D eigenvalue weighted by Crippen LogP contribution is 2.23. The number of carbonyl (C=O) groups excluding carboxylic acids is 1. The molecule has 0 saturated heterocycles. The summed E-state index contributed by atoms with van der Waals surface area (Å²) in [5.41, 5.74) is 1.69. The number of hydrogen-bond acceptors (Lipinski definition) is 2. The van der Waals surface area contributed by atoms with E-state index in [1.165, 1.54) is 12.1 Å². The van der Waals surface area contributed by atoms with Gasteiger partial charge in [-0.3, -0.25) is 4.79 Å². The third-order valence-corrected chi connectivity index (χ3v) is 3.77. The minimum atomic E-state index is -0.655. The molecule has 0 radical (unpaired) electrons. The molecule has 0 fully saturated rings. The highest BCUT2D eigenvalue weighted by Gasteiger charge is 2.18. The minimum Gasteiger partial charge on any atom is -0.481 e. The van der Waals surface area contributed by atoms with Crippen molar-refractivity contribution in [1.82, 2.24) is 5.32 Å². The van der Waals surface area contributed by atoms with Crippen LogP contribution in [0.3, 0.4) is 0 Å². The van der Waals surface area contributed by atoms with E-state index in [4.69, 9.17) is 16.3 Å². The van der Waals surface area contributed by atoms with Crippen LogP contribution in [0, 0.1) is 12.7 Å². The first-order chi connectivity index (χ1) is 10.9. The Morgan fingerprint density at radius 2 is 1.83 bits per heavy atom. The first-order valence-corrected chi connectivity index (χ1v) is 7.73. The molecule has 2 aromatic rings. The van der Waals surface area contributed by atoms with Crippen LogP contribution in [0.4, 0.5) is 4.39 Å². The van der Waals surface area contributed by atoms with E-state index in [1.807, 2.05) is 13.8 Å². The fourth-order valence-corrected chi connectivity index (χ4v) is 2.38. The van der Waals surface area contributed by atoms with Gasteiger partial charge in [-0.1, -0.05) is 23.7 Å². The minimum absolute atomic E-state index is 0.236. The Kier molecular flexibility index (Phi) is 5.61. The molecular weight excluding hydrogens is 317 g/mol. The van der Waals surface area contributed by atoms with E-state index in [1.54, 1.807) is 37.3 Å². The predicted molar refractivity (Wildman–Crippen MR) is 89.2 cm³/mol. The summed E-state index contributed by atoms with van der Waals surface area (Å²) in [6, 6.07) is 11.0.